The van der Waals surface area contributed by atoms with E-state index < -0.39 is 0 Å². The number of oxazole rings is 1. The van der Waals surface area contributed by atoms with Gasteiger partial charge in [0.05, 0.1) is 0 Å². The largest absolute Gasteiger partial charge is 0.444 e. The van der Waals surface area contributed by atoms with E-state index in [9.17, 15) is 4.79 Å². The average molecular weight is 321 g/mol. The Morgan fingerprint density at radius 3 is 2.58 bits per heavy atom. The van der Waals surface area contributed by atoms with Gasteiger partial charge in [-0.15, -0.1) is 0 Å². The maximum Gasteiger partial charge on any atom is 0.273 e. The van der Waals surface area contributed by atoms with Gasteiger partial charge < -0.3 is 15.5 Å². The first-order valence-electron chi connectivity index (χ1n) is 7.86. The fourth-order valence-corrected chi connectivity index (χ4v) is 2.37. The Hall–Kier alpha value is -3.08. The predicted octanol–water partition coefficient (Wildman–Crippen LogP) is 3.29. The number of carbonyl (C=O) groups excluding carboxylic acids is 1. The molecule has 3 rings (SSSR count). The van der Waals surface area contributed by atoms with Crippen molar-refractivity contribution in [3.05, 3.63) is 72.1 Å². The zero-order valence-electron chi connectivity index (χ0n) is 13.2. The molecular formula is C19H19N3O2. The molecule has 2 aromatic carbocycles. The molecule has 3 aromatic rings. The van der Waals surface area contributed by atoms with Crippen LogP contribution in [0.15, 0.2) is 65.3 Å². The molecule has 0 saturated carbocycles. The summed E-state index contributed by atoms with van der Waals surface area (Å²) in [6.07, 6.45) is 3.17. The van der Waals surface area contributed by atoms with Crippen molar-refractivity contribution in [2.24, 2.45) is 0 Å². The fourth-order valence-electron chi connectivity index (χ4n) is 2.37. The van der Waals surface area contributed by atoms with Crippen molar-refractivity contribution in [1.29, 1.82) is 0 Å². The highest BCUT2D eigenvalue weighted by atomic mass is 16.3. The van der Waals surface area contributed by atoms with Gasteiger partial charge in [0.2, 0.25) is 5.89 Å². The normalized spacial score (nSPS) is 10.5. The Morgan fingerprint density at radius 2 is 1.83 bits per heavy atom. The molecule has 0 spiro atoms. The van der Waals surface area contributed by atoms with Crippen LogP contribution >= 0.6 is 0 Å². The molecule has 5 heteroatoms. The molecule has 5 nitrogen and oxygen atoms in total. The van der Waals surface area contributed by atoms with Gasteiger partial charge in [0.1, 0.15) is 6.26 Å². The highest BCUT2D eigenvalue weighted by molar-refractivity contribution is 5.92. The number of rotatable bonds is 6. The molecule has 0 fully saturated rings. The van der Waals surface area contributed by atoms with Crippen molar-refractivity contribution in [3.63, 3.8) is 0 Å². The lowest BCUT2D eigenvalue weighted by atomic mass is 10.1. The van der Waals surface area contributed by atoms with Gasteiger partial charge in [0.25, 0.3) is 5.91 Å². The Labute approximate surface area is 140 Å². The van der Waals surface area contributed by atoms with Gasteiger partial charge in [-0.2, -0.15) is 0 Å². The summed E-state index contributed by atoms with van der Waals surface area (Å²) >= 11 is 0. The summed E-state index contributed by atoms with van der Waals surface area (Å²) < 4.78 is 5.37. The smallest absolute Gasteiger partial charge is 0.273 e. The van der Waals surface area contributed by atoms with Crippen LogP contribution in [-0.2, 0) is 6.42 Å². The highest BCUT2D eigenvalue weighted by Crippen LogP contribution is 2.19. The fraction of sp³-hybridized carbons (Fsp3) is 0.158. The number of nitrogens with two attached hydrogens (primary N) is 1. The lowest BCUT2D eigenvalue weighted by Crippen LogP contribution is -2.25. The zero-order valence-corrected chi connectivity index (χ0v) is 13.2. The van der Waals surface area contributed by atoms with Gasteiger partial charge in [-0.25, -0.2) is 4.98 Å². The van der Waals surface area contributed by atoms with Crippen LogP contribution in [0.1, 0.15) is 22.5 Å². The minimum Gasteiger partial charge on any atom is -0.444 e. The van der Waals surface area contributed by atoms with Crippen LogP contribution in [0.25, 0.3) is 11.5 Å². The Morgan fingerprint density at radius 1 is 1.08 bits per heavy atom. The molecule has 0 saturated heterocycles. The molecular weight excluding hydrogens is 302 g/mol. The van der Waals surface area contributed by atoms with E-state index in [2.05, 4.69) is 22.4 Å². The van der Waals surface area contributed by atoms with Crippen molar-refractivity contribution in [1.82, 2.24) is 10.3 Å². The SMILES string of the molecule is Nc1ccc(-c2nc(C(=O)NCCCc3ccccc3)co2)cc1. The monoisotopic (exact) mass is 321 g/mol. The molecule has 24 heavy (non-hydrogen) atoms. The van der Waals surface area contributed by atoms with Gasteiger partial charge in [-0.05, 0) is 42.7 Å². The van der Waals surface area contributed by atoms with E-state index in [1.54, 1.807) is 12.1 Å². The molecule has 122 valence electrons. The van der Waals surface area contributed by atoms with E-state index >= 15 is 0 Å². The molecule has 0 unspecified atom stereocenters. The Balaban J connectivity index is 1.51. The van der Waals surface area contributed by atoms with E-state index in [0.29, 0.717) is 18.1 Å². The van der Waals surface area contributed by atoms with Crippen molar-refractivity contribution in [2.45, 2.75) is 12.8 Å². The van der Waals surface area contributed by atoms with Crippen molar-refractivity contribution in [3.8, 4) is 11.5 Å². The molecule has 0 aliphatic heterocycles. The number of carbonyl (C=O) groups is 1. The summed E-state index contributed by atoms with van der Waals surface area (Å²) in [6.45, 7) is 0.595. The van der Waals surface area contributed by atoms with Gasteiger partial charge in [-0.3, -0.25) is 4.79 Å². The van der Waals surface area contributed by atoms with Crippen LogP contribution in [-0.4, -0.2) is 17.4 Å². The number of benzene rings is 2. The second-order valence-corrected chi connectivity index (χ2v) is 5.50. The van der Waals surface area contributed by atoms with Crippen LogP contribution in [0.4, 0.5) is 5.69 Å². The Bertz CT molecular complexity index is 795. The minimum absolute atomic E-state index is 0.228. The molecule has 3 N–H and O–H groups in total. The number of nitrogens with one attached hydrogen (secondary N) is 1. The van der Waals surface area contributed by atoms with Crippen LogP contribution in [0.3, 0.4) is 0 Å². The van der Waals surface area contributed by atoms with E-state index in [1.165, 1.54) is 11.8 Å². The standard InChI is InChI=1S/C19H19N3O2/c20-16-10-8-15(9-11-16)19-22-17(13-24-19)18(23)21-12-4-7-14-5-2-1-3-6-14/h1-3,5-6,8-11,13H,4,7,12,20H2,(H,21,23). The zero-order chi connectivity index (χ0) is 16.8. The highest BCUT2D eigenvalue weighted by Gasteiger charge is 2.12. The van der Waals surface area contributed by atoms with E-state index in [1.807, 2.05) is 30.3 Å². The second kappa shape index (κ2) is 7.46. The van der Waals surface area contributed by atoms with E-state index in [-0.39, 0.29) is 11.6 Å². The van der Waals surface area contributed by atoms with Crippen molar-refractivity contribution in [2.75, 3.05) is 12.3 Å². The first-order chi connectivity index (χ1) is 11.7. The topological polar surface area (TPSA) is 81.1 Å². The summed E-state index contributed by atoms with van der Waals surface area (Å²) in [7, 11) is 0. The average Bonchev–Trinajstić information content (AvgIpc) is 3.10. The maximum absolute atomic E-state index is 12.1. The summed E-state index contributed by atoms with van der Waals surface area (Å²) in [5.74, 6) is 0.179. The number of hydrogen-bond donors (Lipinski definition) is 2. The third-order valence-corrected chi connectivity index (χ3v) is 3.67. The van der Waals surface area contributed by atoms with Gasteiger partial charge in [0, 0.05) is 17.8 Å². The lowest BCUT2D eigenvalue weighted by Gasteiger charge is -2.03. The molecule has 0 bridgehead atoms. The van der Waals surface area contributed by atoms with Gasteiger partial charge >= 0.3 is 0 Å². The number of anilines is 1. The van der Waals surface area contributed by atoms with Crippen LogP contribution in [0.5, 0.6) is 0 Å². The van der Waals surface area contributed by atoms with Crippen molar-refractivity contribution < 1.29 is 9.21 Å². The third-order valence-electron chi connectivity index (χ3n) is 3.67. The summed E-state index contributed by atoms with van der Waals surface area (Å²) in [4.78, 5) is 16.3. The van der Waals surface area contributed by atoms with Gasteiger partial charge in [-0.1, -0.05) is 30.3 Å². The number of nitrogens with zero attached hydrogens (tertiary/aromatic N) is 1. The number of aromatic nitrogens is 1. The predicted molar refractivity (Wildman–Crippen MR) is 93.4 cm³/mol. The van der Waals surface area contributed by atoms with Gasteiger partial charge in [0.15, 0.2) is 5.69 Å². The molecule has 0 aliphatic rings. The summed E-state index contributed by atoms with van der Waals surface area (Å²) in [6, 6.07) is 17.3. The Kier molecular flexibility index (Phi) is 4.91. The number of aryl methyl sites for hydroxylation is 1. The number of amides is 1. The first-order valence-corrected chi connectivity index (χ1v) is 7.86. The molecule has 0 aliphatic carbocycles. The molecule has 1 amide bonds. The molecule has 1 aromatic heterocycles. The third kappa shape index (κ3) is 4.01. The molecule has 0 radical (unpaired) electrons. The van der Waals surface area contributed by atoms with Crippen LogP contribution in [0, 0.1) is 0 Å². The minimum atomic E-state index is -0.228. The van der Waals surface area contributed by atoms with Crippen LogP contribution < -0.4 is 11.1 Å². The van der Waals surface area contributed by atoms with Crippen molar-refractivity contribution >= 4 is 11.6 Å². The lowest BCUT2D eigenvalue weighted by molar-refractivity contribution is 0.0948. The molecule has 0 atom stereocenters. The summed E-state index contributed by atoms with van der Waals surface area (Å²) in [5, 5.41) is 2.86. The summed E-state index contributed by atoms with van der Waals surface area (Å²) in [5.41, 5.74) is 8.65. The first kappa shape index (κ1) is 15.8. The number of nitrogen functional groups attached to an aromatic ring is 1. The molecule has 1 heterocycles. The maximum atomic E-state index is 12.1. The quantitative estimate of drug-likeness (QED) is 0.539. The van der Waals surface area contributed by atoms with E-state index in [0.717, 1.165) is 18.4 Å². The van der Waals surface area contributed by atoms with E-state index in [4.69, 9.17) is 10.2 Å². The second-order valence-electron chi connectivity index (χ2n) is 5.50. The number of hydrogen-bond acceptors (Lipinski definition) is 4. The van der Waals surface area contributed by atoms with Crippen LogP contribution in [0.2, 0.25) is 0 Å².